The Bertz CT molecular complexity index is 378. The van der Waals surface area contributed by atoms with Crippen LogP contribution in [0, 0.1) is 16.2 Å². The molecule has 0 aromatic heterocycles. The topological polar surface area (TPSA) is 55.4 Å². The Labute approximate surface area is 136 Å². The van der Waals surface area contributed by atoms with Gasteiger partial charge in [-0.3, -0.25) is 9.59 Å². The first-order valence-electron chi connectivity index (χ1n) is 8.23. The number of hydrogen-bond donors (Lipinski definition) is 1. The van der Waals surface area contributed by atoms with Crippen LogP contribution in [0.25, 0.3) is 0 Å². The molecule has 0 fully saturated rings. The van der Waals surface area contributed by atoms with Gasteiger partial charge in [0.25, 0.3) is 0 Å². The lowest BCUT2D eigenvalue weighted by atomic mass is 9.69. The summed E-state index contributed by atoms with van der Waals surface area (Å²) in [5.74, 6) is -0.143. The largest absolute Gasteiger partial charge is 0.466 e. The first kappa shape index (κ1) is 20.9. The molecule has 0 unspecified atom stereocenters. The first-order valence-corrected chi connectivity index (χ1v) is 8.23. The van der Waals surface area contributed by atoms with Gasteiger partial charge in [0.15, 0.2) is 0 Å². The summed E-state index contributed by atoms with van der Waals surface area (Å²) in [6.45, 7) is 17.7. The van der Waals surface area contributed by atoms with E-state index in [0.717, 1.165) is 0 Å². The van der Waals surface area contributed by atoms with Crippen LogP contribution in [-0.2, 0) is 14.3 Å². The average Bonchev–Trinajstić information content (AvgIpc) is 2.32. The molecule has 0 saturated carbocycles. The van der Waals surface area contributed by atoms with Crippen molar-refractivity contribution in [2.45, 2.75) is 74.7 Å². The molecule has 0 radical (unpaired) electrons. The fourth-order valence-corrected chi connectivity index (χ4v) is 1.82. The fraction of sp³-hybridized carbons (Fsp3) is 0.889. The summed E-state index contributed by atoms with van der Waals surface area (Å²) in [5, 5.41) is 3.03. The molecule has 0 spiro atoms. The molecule has 0 saturated heterocycles. The Balaban J connectivity index is 4.26. The van der Waals surface area contributed by atoms with Gasteiger partial charge in [0.05, 0.1) is 13.0 Å². The van der Waals surface area contributed by atoms with E-state index >= 15 is 0 Å². The van der Waals surface area contributed by atoms with E-state index in [-0.39, 0.29) is 28.1 Å². The third kappa shape index (κ3) is 7.81. The molecular weight excluding hydrogens is 278 g/mol. The minimum Gasteiger partial charge on any atom is -0.466 e. The Hall–Kier alpha value is -1.06. The smallest absolute Gasteiger partial charge is 0.306 e. The Morgan fingerprint density at radius 2 is 1.55 bits per heavy atom. The minimum absolute atomic E-state index is 0.0309. The molecule has 0 aliphatic rings. The van der Waals surface area contributed by atoms with E-state index in [0.29, 0.717) is 32.4 Å². The SMILES string of the molecule is CCOC(=O)CC(C)(C)CCC(=O)NCC(C)(C)C(C)(C)C. The molecule has 0 aromatic carbocycles. The van der Waals surface area contributed by atoms with Gasteiger partial charge in [-0.15, -0.1) is 0 Å². The Kier molecular flexibility index (Phi) is 7.60. The zero-order valence-corrected chi connectivity index (χ0v) is 15.8. The Morgan fingerprint density at radius 1 is 1.00 bits per heavy atom. The normalized spacial score (nSPS) is 12.9. The molecule has 0 aromatic rings. The van der Waals surface area contributed by atoms with Gasteiger partial charge in [-0.2, -0.15) is 0 Å². The lowest BCUT2D eigenvalue weighted by Gasteiger charge is -2.39. The van der Waals surface area contributed by atoms with Gasteiger partial charge in [-0.05, 0) is 29.6 Å². The summed E-state index contributed by atoms with van der Waals surface area (Å²) in [6, 6.07) is 0. The standard InChI is InChI=1S/C18H35NO3/c1-9-22-15(21)12-17(5,6)11-10-14(20)19-13-18(7,8)16(2,3)4/h9-13H2,1-8H3,(H,19,20). The van der Waals surface area contributed by atoms with E-state index in [2.05, 4.69) is 39.9 Å². The van der Waals surface area contributed by atoms with Crippen LogP contribution >= 0.6 is 0 Å². The molecular formula is C18H35NO3. The highest BCUT2D eigenvalue weighted by Crippen LogP contribution is 2.37. The van der Waals surface area contributed by atoms with Crippen molar-refractivity contribution >= 4 is 11.9 Å². The molecule has 4 heteroatoms. The van der Waals surface area contributed by atoms with Crippen molar-refractivity contribution in [3.05, 3.63) is 0 Å². The van der Waals surface area contributed by atoms with Gasteiger partial charge < -0.3 is 10.1 Å². The van der Waals surface area contributed by atoms with Gasteiger partial charge in [-0.25, -0.2) is 0 Å². The molecule has 0 aliphatic heterocycles. The molecule has 0 atom stereocenters. The number of esters is 1. The third-order valence-electron chi connectivity index (χ3n) is 4.71. The highest BCUT2D eigenvalue weighted by molar-refractivity contribution is 5.76. The van der Waals surface area contributed by atoms with E-state index < -0.39 is 0 Å². The molecule has 0 heterocycles. The number of hydrogen-bond acceptors (Lipinski definition) is 3. The van der Waals surface area contributed by atoms with Crippen molar-refractivity contribution < 1.29 is 14.3 Å². The number of amides is 1. The molecule has 0 aliphatic carbocycles. The maximum Gasteiger partial charge on any atom is 0.306 e. The van der Waals surface area contributed by atoms with Crippen LogP contribution in [-0.4, -0.2) is 25.0 Å². The lowest BCUT2D eigenvalue weighted by Crippen LogP contribution is -2.41. The second-order valence-corrected chi connectivity index (χ2v) is 8.56. The van der Waals surface area contributed by atoms with E-state index in [1.165, 1.54) is 0 Å². The maximum atomic E-state index is 12.0. The van der Waals surface area contributed by atoms with Crippen LogP contribution in [0.1, 0.15) is 74.7 Å². The molecule has 22 heavy (non-hydrogen) atoms. The predicted molar refractivity (Wildman–Crippen MR) is 90.5 cm³/mol. The fourth-order valence-electron chi connectivity index (χ4n) is 1.82. The second kappa shape index (κ2) is 7.98. The van der Waals surface area contributed by atoms with Gasteiger partial charge in [0, 0.05) is 13.0 Å². The monoisotopic (exact) mass is 313 g/mol. The number of nitrogens with one attached hydrogen (secondary N) is 1. The average molecular weight is 313 g/mol. The number of carbonyl (C=O) groups excluding carboxylic acids is 2. The summed E-state index contributed by atoms with van der Waals surface area (Å²) < 4.78 is 4.97. The summed E-state index contributed by atoms with van der Waals surface area (Å²) in [5.41, 5.74) is -0.0598. The van der Waals surface area contributed by atoms with Crippen molar-refractivity contribution in [2.24, 2.45) is 16.2 Å². The molecule has 1 amide bonds. The predicted octanol–water partition coefficient (Wildman–Crippen LogP) is 3.93. The number of ether oxygens (including phenoxy) is 1. The maximum absolute atomic E-state index is 12.0. The molecule has 0 rings (SSSR count). The summed E-state index contributed by atoms with van der Waals surface area (Å²) in [6.07, 6.45) is 1.46. The lowest BCUT2D eigenvalue weighted by molar-refractivity contribution is -0.145. The quantitative estimate of drug-likeness (QED) is 0.691. The van der Waals surface area contributed by atoms with Crippen LogP contribution in [0.2, 0.25) is 0 Å². The van der Waals surface area contributed by atoms with Crippen molar-refractivity contribution in [1.29, 1.82) is 0 Å². The Morgan fingerprint density at radius 3 is 2.00 bits per heavy atom. The van der Waals surface area contributed by atoms with E-state index in [1.807, 2.05) is 13.8 Å². The van der Waals surface area contributed by atoms with E-state index in [1.54, 1.807) is 6.92 Å². The highest BCUT2D eigenvalue weighted by Gasteiger charge is 2.33. The second-order valence-electron chi connectivity index (χ2n) is 8.56. The van der Waals surface area contributed by atoms with Crippen molar-refractivity contribution in [3.8, 4) is 0 Å². The summed E-state index contributed by atoms with van der Waals surface area (Å²) in [4.78, 5) is 23.6. The van der Waals surface area contributed by atoms with Crippen LogP contribution in [0.5, 0.6) is 0 Å². The highest BCUT2D eigenvalue weighted by atomic mass is 16.5. The van der Waals surface area contributed by atoms with E-state index in [9.17, 15) is 9.59 Å². The van der Waals surface area contributed by atoms with Gasteiger partial charge in [0.2, 0.25) is 5.91 Å². The number of rotatable bonds is 8. The van der Waals surface area contributed by atoms with Crippen LogP contribution in [0.4, 0.5) is 0 Å². The molecule has 130 valence electrons. The summed E-state index contributed by atoms with van der Waals surface area (Å²) in [7, 11) is 0. The van der Waals surface area contributed by atoms with E-state index in [4.69, 9.17) is 4.74 Å². The minimum atomic E-state index is -0.219. The van der Waals surface area contributed by atoms with Crippen LogP contribution in [0.15, 0.2) is 0 Å². The van der Waals surface area contributed by atoms with Gasteiger partial charge >= 0.3 is 5.97 Å². The van der Waals surface area contributed by atoms with Gasteiger partial charge in [0.1, 0.15) is 0 Å². The van der Waals surface area contributed by atoms with Gasteiger partial charge in [-0.1, -0.05) is 48.5 Å². The molecule has 4 nitrogen and oxygen atoms in total. The summed E-state index contributed by atoms with van der Waals surface area (Å²) >= 11 is 0. The first-order chi connectivity index (χ1) is 9.81. The van der Waals surface area contributed by atoms with Crippen molar-refractivity contribution in [2.75, 3.05) is 13.2 Å². The van der Waals surface area contributed by atoms with Crippen molar-refractivity contribution in [3.63, 3.8) is 0 Å². The zero-order chi connectivity index (χ0) is 17.6. The third-order valence-corrected chi connectivity index (χ3v) is 4.71. The molecule has 1 N–H and O–H groups in total. The van der Waals surface area contributed by atoms with Crippen molar-refractivity contribution in [1.82, 2.24) is 5.32 Å². The van der Waals surface area contributed by atoms with Crippen LogP contribution in [0.3, 0.4) is 0 Å². The molecule has 0 bridgehead atoms. The number of carbonyl (C=O) groups is 2. The zero-order valence-electron chi connectivity index (χ0n) is 15.8. The van der Waals surface area contributed by atoms with Crippen LogP contribution < -0.4 is 5.32 Å².